The summed E-state index contributed by atoms with van der Waals surface area (Å²) in [5, 5.41) is 16.7. The third-order valence-electron chi connectivity index (χ3n) is 4.55. The molecule has 27 heavy (non-hydrogen) atoms. The predicted octanol–water partition coefficient (Wildman–Crippen LogP) is 2.26. The lowest BCUT2D eigenvalue weighted by atomic mass is 10.1. The van der Waals surface area contributed by atoms with Crippen LogP contribution in [0.15, 0.2) is 12.3 Å². The van der Waals surface area contributed by atoms with Gasteiger partial charge in [0.15, 0.2) is 5.13 Å². The fourth-order valence-corrected chi connectivity index (χ4v) is 4.93. The smallest absolute Gasteiger partial charge is 0.211 e. The number of sulfonamides is 1. The third-order valence-corrected chi connectivity index (χ3v) is 7.07. The van der Waals surface area contributed by atoms with Crippen LogP contribution in [-0.2, 0) is 10.0 Å². The quantitative estimate of drug-likeness (QED) is 0.783. The lowest BCUT2D eigenvalue weighted by molar-refractivity contribution is 0.331. The molecule has 8 nitrogen and oxygen atoms in total. The fourth-order valence-electron chi connectivity index (χ4n) is 3.11. The fraction of sp³-hybridized carbons (Fsp3) is 0.471. The van der Waals surface area contributed by atoms with Crippen LogP contribution in [-0.4, -0.2) is 55.1 Å². The summed E-state index contributed by atoms with van der Waals surface area (Å²) >= 11 is 1.50. The molecule has 3 heterocycles. The van der Waals surface area contributed by atoms with E-state index in [0.717, 1.165) is 21.3 Å². The van der Waals surface area contributed by atoms with Gasteiger partial charge in [-0.15, -0.1) is 0 Å². The first-order valence-corrected chi connectivity index (χ1v) is 11.3. The van der Waals surface area contributed by atoms with E-state index in [1.807, 2.05) is 20.0 Å². The molecule has 0 aromatic carbocycles. The first kappa shape index (κ1) is 19.5. The second-order valence-corrected chi connectivity index (χ2v) is 9.47. The van der Waals surface area contributed by atoms with Crippen molar-refractivity contribution in [2.45, 2.75) is 25.8 Å². The number of hydrogen-bond donors (Lipinski definition) is 2. The first-order chi connectivity index (χ1) is 12.8. The molecular formula is C17H22N6O2S2. The molecule has 0 saturated carbocycles. The van der Waals surface area contributed by atoms with Crippen molar-refractivity contribution in [3.8, 4) is 16.5 Å². The van der Waals surface area contributed by atoms with E-state index < -0.39 is 10.0 Å². The lowest BCUT2D eigenvalue weighted by Gasteiger charge is -2.31. The van der Waals surface area contributed by atoms with Crippen molar-refractivity contribution in [2.24, 2.45) is 0 Å². The summed E-state index contributed by atoms with van der Waals surface area (Å²) in [6.45, 7) is 2.92. The topological polar surface area (TPSA) is 111 Å². The molecule has 0 unspecified atom stereocenters. The van der Waals surface area contributed by atoms with Crippen LogP contribution in [0, 0.1) is 18.3 Å². The Morgan fingerprint density at radius 3 is 2.63 bits per heavy atom. The van der Waals surface area contributed by atoms with Crippen molar-refractivity contribution in [3.05, 3.63) is 23.5 Å². The van der Waals surface area contributed by atoms with Crippen molar-refractivity contribution in [2.75, 3.05) is 37.0 Å². The molecule has 2 N–H and O–H groups in total. The maximum Gasteiger partial charge on any atom is 0.211 e. The Bertz CT molecular complexity index is 972. The van der Waals surface area contributed by atoms with Gasteiger partial charge in [0.25, 0.3) is 0 Å². The zero-order valence-electron chi connectivity index (χ0n) is 15.5. The number of piperidine rings is 1. The average Bonchev–Trinajstić information content (AvgIpc) is 3.02. The number of pyridine rings is 1. The minimum Gasteiger partial charge on any atom is -0.367 e. The number of rotatable bonds is 5. The number of anilines is 2. The van der Waals surface area contributed by atoms with Crippen LogP contribution in [0.2, 0.25) is 0 Å². The highest BCUT2D eigenvalue weighted by Gasteiger charge is 2.25. The van der Waals surface area contributed by atoms with Gasteiger partial charge < -0.3 is 10.6 Å². The number of aryl methyl sites for hydroxylation is 1. The molecule has 10 heteroatoms. The van der Waals surface area contributed by atoms with E-state index in [2.05, 4.69) is 26.7 Å². The normalized spacial score (nSPS) is 16.1. The molecule has 2 aromatic heterocycles. The second-order valence-electron chi connectivity index (χ2n) is 6.49. The van der Waals surface area contributed by atoms with Gasteiger partial charge in [-0.2, -0.15) is 5.26 Å². The zero-order valence-corrected chi connectivity index (χ0v) is 17.1. The Hall–Kier alpha value is -2.22. The number of nitrogens with one attached hydrogen (secondary N) is 2. The Morgan fingerprint density at radius 2 is 2.07 bits per heavy atom. The summed E-state index contributed by atoms with van der Waals surface area (Å²) < 4.78 is 24.8. The minimum atomic E-state index is -3.14. The van der Waals surface area contributed by atoms with E-state index in [4.69, 9.17) is 0 Å². The minimum absolute atomic E-state index is 0.145. The summed E-state index contributed by atoms with van der Waals surface area (Å²) in [5.41, 5.74) is 2.17. The summed E-state index contributed by atoms with van der Waals surface area (Å²) in [7, 11) is -1.32. The van der Waals surface area contributed by atoms with Crippen LogP contribution in [0.5, 0.6) is 0 Å². The van der Waals surface area contributed by atoms with Crippen LogP contribution >= 0.6 is 11.3 Å². The van der Waals surface area contributed by atoms with Gasteiger partial charge in [0.2, 0.25) is 10.0 Å². The maximum atomic E-state index is 11.6. The van der Waals surface area contributed by atoms with Gasteiger partial charge in [-0.25, -0.2) is 22.7 Å². The highest BCUT2D eigenvalue weighted by atomic mass is 32.2. The Balaban J connectivity index is 1.80. The number of nitrogens with zero attached hydrogens (tertiary/aromatic N) is 4. The Labute approximate surface area is 163 Å². The molecular weight excluding hydrogens is 384 g/mol. The summed E-state index contributed by atoms with van der Waals surface area (Å²) in [5.74, 6) is 0.681. The zero-order chi connectivity index (χ0) is 19.6. The SMILES string of the molecule is CNc1nc(C)c(-c2cc(NC3CCN(S(C)(=O)=O)CC3)ncc2C#N)s1. The van der Waals surface area contributed by atoms with Gasteiger partial charge in [-0.05, 0) is 25.8 Å². The largest absolute Gasteiger partial charge is 0.367 e. The first-order valence-electron chi connectivity index (χ1n) is 8.59. The summed E-state index contributed by atoms with van der Waals surface area (Å²) in [4.78, 5) is 9.75. The van der Waals surface area contributed by atoms with Crippen molar-refractivity contribution in [1.29, 1.82) is 5.26 Å². The molecule has 1 aliphatic heterocycles. The van der Waals surface area contributed by atoms with E-state index in [-0.39, 0.29) is 6.04 Å². The lowest BCUT2D eigenvalue weighted by Crippen LogP contribution is -2.41. The van der Waals surface area contributed by atoms with Crippen LogP contribution in [0.1, 0.15) is 24.1 Å². The predicted molar refractivity (Wildman–Crippen MR) is 107 cm³/mol. The third kappa shape index (κ3) is 4.37. The number of aromatic nitrogens is 2. The number of nitriles is 1. The molecule has 1 fully saturated rings. The molecule has 0 aliphatic carbocycles. The molecule has 144 valence electrons. The molecule has 0 spiro atoms. The average molecular weight is 407 g/mol. The van der Waals surface area contributed by atoms with Gasteiger partial charge in [0.05, 0.1) is 22.4 Å². The maximum absolute atomic E-state index is 11.6. The van der Waals surface area contributed by atoms with Gasteiger partial charge in [0.1, 0.15) is 11.9 Å². The van der Waals surface area contributed by atoms with E-state index >= 15 is 0 Å². The van der Waals surface area contributed by atoms with Crippen LogP contribution in [0.3, 0.4) is 0 Å². The molecule has 3 rings (SSSR count). The van der Waals surface area contributed by atoms with Gasteiger partial charge in [-0.1, -0.05) is 11.3 Å². The molecule has 0 bridgehead atoms. The number of thiazole rings is 1. The molecule has 1 saturated heterocycles. The number of hydrogen-bond acceptors (Lipinski definition) is 8. The van der Waals surface area contributed by atoms with Crippen molar-refractivity contribution < 1.29 is 8.42 Å². The highest BCUT2D eigenvalue weighted by Crippen LogP contribution is 2.35. The van der Waals surface area contributed by atoms with E-state index in [1.165, 1.54) is 21.9 Å². The molecule has 0 radical (unpaired) electrons. The highest BCUT2D eigenvalue weighted by molar-refractivity contribution is 7.88. The van der Waals surface area contributed by atoms with Crippen molar-refractivity contribution in [1.82, 2.24) is 14.3 Å². The monoisotopic (exact) mass is 406 g/mol. The summed E-state index contributed by atoms with van der Waals surface area (Å²) in [6, 6.07) is 4.22. The second kappa shape index (κ2) is 7.80. The van der Waals surface area contributed by atoms with Gasteiger partial charge >= 0.3 is 0 Å². The van der Waals surface area contributed by atoms with Crippen molar-refractivity contribution >= 4 is 32.3 Å². The Kier molecular flexibility index (Phi) is 5.64. The van der Waals surface area contributed by atoms with Crippen molar-refractivity contribution in [3.63, 3.8) is 0 Å². The molecule has 2 aromatic rings. The van der Waals surface area contributed by atoms with Crippen LogP contribution < -0.4 is 10.6 Å². The molecule has 0 atom stereocenters. The van der Waals surface area contributed by atoms with Crippen LogP contribution in [0.4, 0.5) is 10.9 Å². The van der Waals surface area contributed by atoms with E-state index in [9.17, 15) is 13.7 Å². The molecule has 1 aliphatic rings. The standard InChI is InChI=1S/C17H22N6O2S2/c1-11-16(26-17(19-2)21-11)14-8-15(20-10-12(14)9-18)22-13-4-6-23(7-5-13)27(3,24)25/h8,10,13H,4-7H2,1-3H3,(H,19,21)(H,20,22). The molecule has 0 amide bonds. The Morgan fingerprint density at radius 1 is 1.37 bits per heavy atom. The van der Waals surface area contributed by atoms with E-state index in [0.29, 0.717) is 37.3 Å². The van der Waals surface area contributed by atoms with E-state index in [1.54, 1.807) is 6.20 Å². The summed E-state index contributed by atoms with van der Waals surface area (Å²) in [6.07, 6.45) is 4.24. The van der Waals surface area contributed by atoms with Crippen LogP contribution in [0.25, 0.3) is 10.4 Å². The van der Waals surface area contributed by atoms with Gasteiger partial charge in [-0.3, -0.25) is 0 Å². The van der Waals surface area contributed by atoms with Gasteiger partial charge in [0, 0.05) is 37.9 Å².